The molecular formula is C26H22F5N7O3. The van der Waals surface area contributed by atoms with Crippen molar-refractivity contribution in [3.8, 4) is 11.1 Å². The smallest absolute Gasteiger partial charge is 0.416 e. The van der Waals surface area contributed by atoms with Crippen molar-refractivity contribution in [2.75, 3.05) is 29.5 Å². The molecule has 2 aromatic carbocycles. The summed E-state index contributed by atoms with van der Waals surface area (Å²) in [5.74, 6) is -1.90. The van der Waals surface area contributed by atoms with Crippen LogP contribution in [-0.4, -0.2) is 49.8 Å². The molecule has 1 fully saturated rings. The molecule has 1 saturated heterocycles. The molecule has 0 radical (unpaired) electrons. The van der Waals surface area contributed by atoms with Gasteiger partial charge in [-0.05, 0) is 54.8 Å². The van der Waals surface area contributed by atoms with E-state index in [4.69, 9.17) is 5.73 Å². The highest BCUT2D eigenvalue weighted by atomic mass is 19.4. The number of nitrogens with two attached hydrogens (primary N) is 1. The third kappa shape index (κ3) is 5.55. The average molecular weight is 575 g/mol. The standard InChI is InChI=1S/C26H22F5N7O3/c27-17-3-2-15(26(29,30)31)10-20(17)36-24(39)35-19-4-1-14(9-18(19)28)16-11-21(38-22(16)23(32)33-12-34-38)13-5-7-37(8-6-13)25(40)41/h1-4,9-13H,5-8H2,(H,40,41)(H2,32,33,34)(H2,35,36,39). The molecule has 1 aliphatic heterocycles. The first-order chi connectivity index (χ1) is 19.4. The van der Waals surface area contributed by atoms with Crippen LogP contribution in [-0.2, 0) is 6.18 Å². The number of urea groups is 1. The van der Waals surface area contributed by atoms with Crippen LogP contribution in [0.4, 0.5) is 48.7 Å². The Kier molecular flexibility index (Phi) is 7.11. The predicted molar refractivity (Wildman–Crippen MR) is 138 cm³/mol. The summed E-state index contributed by atoms with van der Waals surface area (Å²) in [6.45, 7) is 0.676. The molecule has 3 heterocycles. The number of nitrogens with one attached hydrogen (secondary N) is 2. The molecule has 0 atom stereocenters. The first kappa shape index (κ1) is 27.6. The molecule has 0 spiro atoms. The minimum Gasteiger partial charge on any atom is -0.465 e. The number of piperidine rings is 1. The maximum Gasteiger partial charge on any atom is 0.416 e. The van der Waals surface area contributed by atoms with E-state index in [2.05, 4.69) is 15.4 Å². The summed E-state index contributed by atoms with van der Waals surface area (Å²) in [7, 11) is 0. The molecule has 10 nitrogen and oxygen atoms in total. The fraction of sp³-hybridized carbons (Fsp3) is 0.231. The Morgan fingerprint density at radius 1 is 0.976 bits per heavy atom. The number of nitrogens with zero attached hydrogens (tertiary/aromatic N) is 4. The van der Waals surface area contributed by atoms with Crippen LogP contribution >= 0.6 is 0 Å². The van der Waals surface area contributed by atoms with Crippen LogP contribution < -0.4 is 16.4 Å². The minimum atomic E-state index is -4.75. The Balaban J connectivity index is 1.39. The lowest BCUT2D eigenvalue weighted by molar-refractivity contribution is -0.137. The number of fused-ring (bicyclic) bond motifs is 1. The number of halogens is 5. The van der Waals surface area contributed by atoms with Crippen molar-refractivity contribution < 1.29 is 36.6 Å². The van der Waals surface area contributed by atoms with Gasteiger partial charge in [0.05, 0.1) is 16.9 Å². The lowest BCUT2D eigenvalue weighted by Crippen LogP contribution is -2.37. The number of aromatic nitrogens is 3. The summed E-state index contributed by atoms with van der Waals surface area (Å²) in [4.78, 5) is 29.0. The van der Waals surface area contributed by atoms with Gasteiger partial charge in [-0.3, -0.25) is 0 Å². The van der Waals surface area contributed by atoms with Gasteiger partial charge in [0.1, 0.15) is 23.5 Å². The second-order valence-electron chi connectivity index (χ2n) is 9.40. The van der Waals surface area contributed by atoms with E-state index in [0.29, 0.717) is 60.8 Å². The van der Waals surface area contributed by atoms with Crippen molar-refractivity contribution in [1.82, 2.24) is 19.5 Å². The van der Waals surface area contributed by atoms with E-state index in [1.54, 1.807) is 10.6 Å². The van der Waals surface area contributed by atoms with Crippen molar-refractivity contribution in [2.24, 2.45) is 0 Å². The van der Waals surface area contributed by atoms with Crippen LogP contribution in [0.25, 0.3) is 16.6 Å². The van der Waals surface area contributed by atoms with Crippen LogP contribution in [0.5, 0.6) is 0 Å². The summed E-state index contributed by atoms with van der Waals surface area (Å²) in [6.07, 6.45) is -3.38. The molecular weight excluding hydrogens is 553 g/mol. The molecule has 0 saturated carbocycles. The number of alkyl halides is 3. The number of carboxylic acid groups (broad SMARTS) is 1. The molecule has 0 unspecified atom stereocenters. The lowest BCUT2D eigenvalue weighted by atomic mass is 9.93. The predicted octanol–water partition coefficient (Wildman–Crippen LogP) is 5.78. The molecule has 3 amide bonds. The van der Waals surface area contributed by atoms with Gasteiger partial charge in [0, 0.05) is 30.3 Å². The summed E-state index contributed by atoms with van der Waals surface area (Å²) in [5, 5.41) is 17.7. The number of amides is 3. The number of benzene rings is 2. The third-order valence-corrected chi connectivity index (χ3v) is 6.86. The number of likely N-dealkylation sites (tertiary alicyclic amines) is 1. The van der Waals surface area contributed by atoms with Crippen LogP contribution in [0.1, 0.15) is 30.0 Å². The summed E-state index contributed by atoms with van der Waals surface area (Å²) >= 11 is 0. The molecule has 0 aliphatic carbocycles. The van der Waals surface area contributed by atoms with Gasteiger partial charge >= 0.3 is 18.3 Å². The molecule has 2 aromatic heterocycles. The van der Waals surface area contributed by atoms with Gasteiger partial charge in [-0.2, -0.15) is 18.3 Å². The van der Waals surface area contributed by atoms with E-state index in [1.165, 1.54) is 23.4 Å². The number of rotatable bonds is 4. The number of carbonyl (C=O) groups is 2. The zero-order valence-electron chi connectivity index (χ0n) is 21.0. The number of anilines is 3. The quantitative estimate of drug-likeness (QED) is 0.228. The third-order valence-electron chi connectivity index (χ3n) is 6.86. The molecule has 1 aliphatic rings. The highest BCUT2D eigenvalue weighted by molar-refractivity contribution is 6.00. The summed E-state index contributed by atoms with van der Waals surface area (Å²) in [6, 6.07) is 6.01. The zero-order chi connectivity index (χ0) is 29.5. The topological polar surface area (TPSA) is 138 Å². The Hall–Kier alpha value is -4.95. The minimum absolute atomic E-state index is 0.0492. The maximum absolute atomic E-state index is 15.1. The SMILES string of the molecule is Nc1ncnn2c(C3CCN(C(=O)O)CC3)cc(-c3ccc(NC(=O)Nc4cc(C(F)(F)F)ccc4F)c(F)c3)c12. The van der Waals surface area contributed by atoms with Gasteiger partial charge in [0.25, 0.3) is 0 Å². The summed E-state index contributed by atoms with van der Waals surface area (Å²) < 4.78 is 69.6. The highest BCUT2D eigenvalue weighted by Crippen LogP contribution is 2.37. The van der Waals surface area contributed by atoms with E-state index in [9.17, 15) is 32.3 Å². The summed E-state index contributed by atoms with van der Waals surface area (Å²) in [5.41, 5.74) is 5.96. The molecule has 41 heavy (non-hydrogen) atoms. The van der Waals surface area contributed by atoms with Gasteiger partial charge < -0.3 is 26.4 Å². The second-order valence-corrected chi connectivity index (χ2v) is 9.40. The van der Waals surface area contributed by atoms with Crippen LogP contribution in [0.3, 0.4) is 0 Å². The first-order valence-corrected chi connectivity index (χ1v) is 12.3. The Labute approximate surface area is 228 Å². The van der Waals surface area contributed by atoms with E-state index in [0.717, 1.165) is 11.8 Å². The molecule has 5 rings (SSSR count). The van der Waals surface area contributed by atoms with Gasteiger partial charge in [-0.15, -0.1) is 0 Å². The average Bonchev–Trinajstić information content (AvgIpc) is 3.31. The van der Waals surface area contributed by atoms with E-state index < -0.39 is 41.2 Å². The van der Waals surface area contributed by atoms with Gasteiger partial charge in [0.2, 0.25) is 0 Å². The monoisotopic (exact) mass is 575 g/mol. The molecule has 0 bridgehead atoms. The van der Waals surface area contributed by atoms with Gasteiger partial charge in [-0.1, -0.05) is 6.07 Å². The van der Waals surface area contributed by atoms with E-state index in [-0.39, 0.29) is 17.4 Å². The number of carbonyl (C=O) groups excluding carboxylic acids is 1. The van der Waals surface area contributed by atoms with Crippen molar-refractivity contribution in [1.29, 1.82) is 0 Å². The van der Waals surface area contributed by atoms with Gasteiger partial charge in [-0.25, -0.2) is 27.9 Å². The molecule has 5 N–H and O–H groups in total. The Bertz CT molecular complexity index is 1650. The fourth-order valence-corrected chi connectivity index (χ4v) is 4.83. The fourth-order valence-electron chi connectivity index (χ4n) is 4.83. The van der Waals surface area contributed by atoms with Crippen LogP contribution in [0.2, 0.25) is 0 Å². The lowest BCUT2D eigenvalue weighted by Gasteiger charge is -2.29. The van der Waals surface area contributed by atoms with E-state index >= 15 is 4.39 Å². The van der Waals surface area contributed by atoms with Crippen molar-refractivity contribution in [2.45, 2.75) is 24.9 Å². The van der Waals surface area contributed by atoms with Crippen LogP contribution in [0, 0.1) is 11.6 Å². The van der Waals surface area contributed by atoms with Crippen molar-refractivity contribution >= 4 is 34.8 Å². The van der Waals surface area contributed by atoms with Crippen molar-refractivity contribution in [3.05, 3.63) is 71.7 Å². The normalized spacial score (nSPS) is 14.3. The number of hydrogen-bond donors (Lipinski definition) is 4. The van der Waals surface area contributed by atoms with Crippen molar-refractivity contribution in [3.63, 3.8) is 0 Å². The Morgan fingerprint density at radius 2 is 1.68 bits per heavy atom. The molecule has 4 aromatic rings. The number of hydrogen-bond acceptors (Lipinski definition) is 5. The molecule has 15 heteroatoms. The zero-order valence-corrected chi connectivity index (χ0v) is 21.0. The maximum atomic E-state index is 15.1. The number of nitrogen functional groups attached to an aromatic ring is 1. The largest absolute Gasteiger partial charge is 0.465 e. The Morgan fingerprint density at radius 3 is 2.34 bits per heavy atom. The highest BCUT2D eigenvalue weighted by Gasteiger charge is 2.31. The van der Waals surface area contributed by atoms with Crippen LogP contribution in [0.15, 0.2) is 48.8 Å². The molecule has 214 valence electrons. The van der Waals surface area contributed by atoms with E-state index in [1.807, 2.05) is 5.32 Å². The van der Waals surface area contributed by atoms with Gasteiger partial charge in [0.15, 0.2) is 5.82 Å². The first-order valence-electron chi connectivity index (χ1n) is 12.3. The second kappa shape index (κ2) is 10.6.